The summed E-state index contributed by atoms with van der Waals surface area (Å²) >= 11 is 0. The van der Waals surface area contributed by atoms with Crippen LogP contribution in [-0.4, -0.2) is 76.4 Å². The summed E-state index contributed by atoms with van der Waals surface area (Å²) in [6.45, 7) is 5.42. The SMILES string of the molecule is CCCN1CCC(NC(=O)c2cn(CC(=O)N(C)C)nn2)CC1. The zero-order valence-corrected chi connectivity index (χ0v) is 14.2. The molecule has 1 aromatic heterocycles. The van der Waals surface area contributed by atoms with Crippen LogP contribution < -0.4 is 5.32 Å². The van der Waals surface area contributed by atoms with E-state index in [0.717, 1.165) is 38.9 Å². The van der Waals surface area contributed by atoms with Crippen LogP contribution in [0.2, 0.25) is 0 Å². The molecule has 1 aliphatic rings. The number of amides is 2. The molecule has 1 aliphatic heterocycles. The van der Waals surface area contributed by atoms with Gasteiger partial charge in [0.05, 0.1) is 6.20 Å². The Kier molecular flexibility index (Phi) is 6.09. The van der Waals surface area contributed by atoms with Crippen molar-refractivity contribution in [1.29, 1.82) is 0 Å². The average molecular weight is 322 g/mol. The highest BCUT2D eigenvalue weighted by molar-refractivity contribution is 5.92. The molecule has 0 aliphatic carbocycles. The van der Waals surface area contributed by atoms with Gasteiger partial charge in [0, 0.05) is 33.2 Å². The molecule has 0 spiro atoms. The van der Waals surface area contributed by atoms with Gasteiger partial charge in [-0.25, -0.2) is 4.68 Å². The van der Waals surface area contributed by atoms with E-state index in [1.165, 1.54) is 15.8 Å². The number of carbonyl (C=O) groups is 2. The first-order valence-electron chi connectivity index (χ1n) is 8.13. The number of nitrogens with zero attached hydrogens (tertiary/aromatic N) is 5. The van der Waals surface area contributed by atoms with E-state index in [2.05, 4.69) is 27.5 Å². The van der Waals surface area contributed by atoms with Crippen LogP contribution in [0.1, 0.15) is 36.7 Å². The van der Waals surface area contributed by atoms with E-state index < -0.39 is 0 Å². The van der Waals surface area contributed by atoms with Crippen molar-refractivity contribution in [2.45, 2.75) is 38.8 Å². The molecule has 2 amide bonds. The number of likely N-dealkylation sites (N-methyl/N-ethyl adjacent to an activating group) is 1. The van der Waals surface area contributed by atoms with Crippen molar-refractivity contribution in [2.75, 3.05) is 33.7 Å². The highest BCUT2D eigenvalue weighted by Crippen LogP contribution is 2.11. The lowest BCUT2D eigenvalue weighted by molar-refractivity contribution is -0.129. The standard InChI is InChI=1S/C15H26N6O2/c1-4-7-20-8-5-12(6-9-20)16-15(23)13-10-21(18-17-13)11-14(22)19(2)3/h10,12H,4-9,11H2,1-3H3,(H,16,23). The van der Waals surface area contributed by atoms with Gasteiger partial charge in [-0.1, -0.05) is 12.1 Å². The summed E-state index contributed by atoms with van der Waals surface area (Å²) in [6, 6.07) is 0.184. The van der Waals surface area contributed by atoms with Crippen molar-refractivity contribution < 1.29 is 9.59 Å². The third-order valence-electron chi connectivity index (χ3n) is 4.03. The van der Waals surface area contributed by atoms with Gasteiger partial charge in [-0.3, -0.25) is 9.59 Å². The van der Waals surface area contributed by atoms with Crippen molar-refractivity contribution in [3.05, 3.63) is 11.9 Å². The summed E-state index contributed by atoms with van der Waals surface area (Å²) < 4.78 is 1.39. The average Bonchev–Trinajstić information content (AvgIpc) is 2.98. The molecule has 0 radical (unpaired) electrons. The fourth-order valence-corrected chi connectivity index (χ4v) is 2.64. The summed E-state index contributed by atoms with van der Waals surface area (Å²) in [6.07, 6.45) is 4.59. The molecular weight excluding hydrogens is 296 g/mol. The fraction of sp³-hybridized carbons (Fsp3) is 0.733. The minimum absolute atomic E-state index is 0.0860. The molecule has 1 N–H and O–H groups in total. The molecular formula is C15H26N6O2. The molecule has 8 heteroatoms. The lowest BCUT2D eigenvalue weighted by Gasteiger charge is -2.31. The lowest BCUT2D eigenvalue weighted by Crippen LogP contribution is -2.44. The van der Waals surface area contributed by atoms with Gasteiger partial charge in [-0.15, -0.1) is 5.10 Å². The van der Waals surface area contributed by atoms with Crippen molar-refractivity contribution in [1.82, 2.24) is 30.1 Å². The fourth-order valence-electron chi connectivity index (χ4n) is 2.64. The van der Waals surface area contributed by atoms with E-state index in [0.29, 0.717) is 0 Å². The van der Waals surface area contributed by atoms with Crippen LogP contribution in [0.5, 0.6) is 0 Å². The van der Waals surface area contributed by atoms with Gasteiger partial charge in [0.2, 0.25) is 5.91 Å². The zero-order chi connectivity index (χ0) is 16.8. The van der Waals surface area contributed by atoms with Crippen molar-refractivity contribution in [2.24, 2.45) is 0 Å². The molecule has 1 aromatic rings. The number of nitrogens with one attached hydrogen (secondary N) is 1. The van der Waals surface area contributed by atoms with E-state index in [4.69, 9.17) is 0 Å². The molecule has 1 saturated heterocycles. The van der Waals surface area contributed by atoms with Crippen LogP contribution in [0.3, 0.4) is 0 Å². The molecule has 2 heterocycles. The Morgan fingerprint density at radius 1 is 1.35 bits per heavy atom. The van der Waals surface area contributed by atoms with Gasteiger partial charge in [-0.2, -0.15) is 0 Å². The van der Waals surface area contributed by atoms with Gasteiger partial charge in [0.15, 0.2) is 5.69 Å². The van der Waals surface area contributed by atoms with E-state index in [9.17, 15) is 9.59 Å². The summed E-state index contributed by atoms with van der Waals surface area (Å²) in [4.78, 5) is 27.7. The highest BCUT2D eigenvalue weighted by Gasteiger charge is 2.22. The molecule has 23 heavy (non-hydrogen) atoms. The van der Waals surface area contributed by atoms with E-state index in [-0.39, 0.29) is 30.1 Å². The molecule has 2 rings (SSSR count). The normalized spacial score (nSPS) is 16.3. The predicted molar refractivity (Wildman–Crippen MR) is 85.9 cm³/mol. The smallest absolute Gasteiger partial charge is 0.273 e. The van der Waals surface area contributed by atoms with Crippen LogP contribution >= 0.6 is 0 Å². The Bertz CT molecular complexity index is 534. The zero-order valence-electron chi connectivity index (χ0n) is 14.2. The first-order chi connectivity index (χ1) is 11.0. The maximum absolute atomic E-state index is 12.2. The van der Waals surface area contributed by atoms with E-state index in [1.807, 2.05) is 0 Å². The summed E-state index contributed by atoms with van der Waals surface area (Å²) in [5, 5.41) is 10.7. The minimum atomic E-state index is -0.220. The van der Waals surface area contributed by atoms with Crippen molar-refractivity contribution in [3.8, 4) is 0 Å². The minimum Gasteiger partial charge on any atom is -0.348 e. The number of piperidine rings is 1. The Balaban J connectivity index is 1.82. The number of rotatable bonds is 6. The molecule has 0 aromatic carbocycles. The molecule has 1 fully saturated rings. The van der Waals surface area contributed by atoms with Gasteiger partial charge < -0.3 is 15.1 Å². The van der Waals surface area contributed by atoms with Crippen LogP contribution in [0.4, 0.5) is 0 Å². The number of likely N-dealkylation sites (tertiary alicyclic amines) is 1. The van der Waals surface area contributed by atoms with Crippen molar-refractivity contribution in [3.63, 3.8) is 0 Å². The summed E-state index contributed by atoms with van der Waals surface area (Å²) in [5.41, 5.74) is 0.257. The monoisotopic (exact) mass is 322 g/mol. The topological polar surface area (TPSA) is 83.4 Å². The predicted octanol–water partition coefficient (Wildman–Crippen LogP) is -0.0295. The lowest BCUT2D eigenvalue weighted by atomic mass is 10.0. The van der Waals surface area contributed by atoms with Crippen LogP contribution in [0, 0.1) is 0 Å². The second kappa shape index (κ2) is 8.05. The number of aromatic nitrogens is 3. The maximum atomic E-state index is 12.2. The second-order valence-electron chi connectivity index (χ2n) is 6.18. The Morgan fingerprint density at radius 3 is 2.65 bits per heavy atom. The third-order valence-corrected chi connectivity index (χ3v) is 4.03. The van der Waals surface area contributed by atoms with Crippen LogP contribution in [-0.2, 0) is 11.3 Å². The Labute approximate surface area is 136 Å². The van der Waals surface area contributed by atoms with E-state index in [1.54, 1.807) is 14.1 Å². The molecule has 0 bridgehead atoms. The van der Waals surface area contributed by atoms with Crippen LogP contribution in [0.25, 0.3) is 0 Å². The first-order valence-corrected chi connectivity index (χ1v) is 8.13. The number of hydrogen-bond acceptors (Lipinski definition) is 5. The van der Waals surface area contributed by atoms with E-state index >= 15 is 0 Å². The van der Waals surface area contributed by atoms with Gasteiger partial charge >= 0.3 is 0 Å². The second-order valence-corrected chi connectivity index (χ2v) is 6.18. The number of hydrogen-bond donors (Lipinski definition) is 1. The quantitative estimate of drug-likeness (QED) is 0.795. The molecule has 0 unspecified atom stereocenters. The van der Waals surface area contributed by atoms with Gasteiger partial charge in [0.1, 0.15) is 6.54 Å². The summed E-state index contributed by atoms with van der Waals surface area (Å²) in [5.74, 6) is -0.312. The molecule has 0 atom stereocenters. The number of carbonyl (C=O) groups excluding carboxylic acids is 2. The molecule has 0 saturated carbocycles. The van der Waals surface area contributed by atoms with Crippen molar-refractivity contribution >= 4 is 11.8 Å². The maximum Gasteiger partial charge on any atom is 0.273 e. The van der Waals surface area contributed by atoms with Gasteiger partial charge in [0.25, 0.3) is 5.91 Å². The van der Waals surface area contributed by atoms with Crippen LogP contribution in [0.15, 0.2) is 6.20 Å². The summed E-state index contributed by atoms with van der Waals surface area (Å²) in [7, 11) is 3.36. The highest BCUT2D eigenvalue weighted by atomic mass is 16.2. The van der Waals surface area contributed by atoms with Gasteiger partial charge in [-0.05, 0) is 25.8 Å². The largest absolute Gasteiger partial charge is 0.348 e. The Hall–Kier alpha value is -1.96. The third kappa shape index (κ3) is 5.02. The molecule has 8 nitrogen and oxygen atoms in total. The first kappa shape index (κ1) is 17.4. The Morgan fingerprint density at radius 2 is 2.04 bits per heavy atom. The molecule has 128 valence electrons.